The van der Waals surface area contributed by atoms with Gasteiger partial charge in [-0.25, -0.2) is 0 Å². The van der Waals surface area contributed by atoms with Crippen molar-refractivity contribution in [2.24, 2.45) is 4.99 Å². The first kappa shape index (κ1) is 35.4. The molecule has 0 N–H and O–H groups in total. The van der Waals surface area contributed by atoms with E-state index in [0.717, 1.165) is 57.0 Å². The van der Waals surface area contributed by atoms with E-state index >= 15 is 0 Å². The maximum Gasteiger partial charge on any atom is 0.137 e. The number of anilines is 6. The van der Waals surface area contributed by atoms with E-state index in [-0.39, 0.29) is 0 Å². The summed E-state index contributed by atoms with van der Waals surface area (Å²) >= 11 is 0. The Morgan fingerprint density at radius 1 is 0.400 bits per heavy atom. The van der Waals surface area contributed by atoms with Crippen LogP contribution >= 0.6 is 0 Å². The number of hydrogen-bond acceptors (Lipinski definition) is 3. The third kappa shape index (κ3) is 6.02. The molecule has 0 unspecified atom stereocenters. The minimum absolute atomic E-state index is 0.742. The number of hydrogen-bond donors (Lipinski definition) is 0. The molecule has 0 saturated carbocycles. The Labute approximate surface area is 351 Å². The molecule has 0 aromatic heterocycles. The van der Waals surface area contributed by atoms with Gasteiger partial charge in [0, 0.05) is 57.2 Å². The fourth-order valence-electron chi connectivity index (χ4n) is 9.27. The normalized spacial score (nSPS) is 13.5. The lowest BCUT2D eigenvalue weighted by molar-refractivity contribution is 0.672. The van der Waals surface area contributed by atoms with Gasteiger partial charge >= 0.3 is 0 Å². The number of para-hydroxylation sites is 3. The van der Waals surface area contributed by atoms with Gasteiger partial charge in [-0.2, -0.15) is 0 Å². The Morgan fingerprint density at radius 2 is 0.933 bits per heavy atom. The lowest BCUT2D eigenvalue weighted by Gasteiger charge is -2.33. The van der Waals surface area contributed by atoms with Crippen LogP contribution in [-0.2, 0) is 12.0 Å². The third-order valence-corrected chi connectivity index (χ3v) is 12.0. The summed E-state index contributed by atoms with van der Waals surface area (Å²) in [5, 5.41) is 0. The minimum Gasteiger partial charge on any atom is -0.310 e. The van der Waals surface area contributed by atoms with Crippen LogP contribution in [-0.4, -0.2) is 5.71 Å². The number of fused-ring (bicyclic) bond motifs is 3. The van der Waals surface area contributed by atoms with Crippen LogP contribution in [0.3, 0.4) is 0 Å². The van der Waals surface area contributed by atoms with Gasteiger partial charge in [0.05, 0.1) is 5.71 Å². The zero-order valence-electron chi connectivity index (χ0n) is 33.1. The average Bonchev–Trinajstić information content (AvgIpc) is 3.68. The third-order valence-electron chi connectivity index (χ3n) is 12.0. The van der Waals surface area contributed by atoms with Crippen molar-refractivity contribution in [3.05, 3.63) is 276 Å². The second-order valence-electron chi connectivity index (χ2n) is 15.5. The second kappa shape index (κ2) is 14.9. The van der Waals surface area contributed by atoms with Crippen molar-refractivity contribution in [2.75, 3.05) is 9.80 Å². The Balaban J connectivity index is 1.02. The molecule has 0 aliphatic carbocycles. The molecule has 0 saturated heterocycles. The Hall–Kier alpha value is -7.75. The van der Waals surface area contributed by atoms with Crippen LogP contribution in [0.2, 0.25) is 0 Å². The van der Waals surface area contributed by atoms with Crippen LogP contribution < -0.4 is 9.80 Å². The van der Waals surface area contributed by atoms with Crippen molar-refractivity contribution < 1.29 is 0 Å². The lowest BCUT2D eigenvalue weighted by atomic mass is 9.77. The lowest BCUT2D eigenvalue weighted by Crippen LogP contribution is -2.25. The Morgan fingerprint density at radius 3 is 1.62 bits per heavy atom. The molecule has 3 heteroatoms. The van der Waals surface area contributed by atoms with Crippen molar-refractivity contribution in [1.82, 2.24) is 0 Å². The van der Waals surface area contributed by atoms with Crippen molar-refractivity contribution in [3.8, 4) is 11.1 Å². The predicted octanol–water partition coefficient (Wildman–Crippen LogP) is 14.3. The fraction of sp³-hybridized carbons (Fsp3) is 0.0351. The Bertz CT molecular complexity index is 2940. The average molecular weight is 768 g/mol. The summed E-state index contributed by atoms with van der Waals surface area (Å²) in [6.07, 6.45) is 0.893. The van der Waals surface area contributed by atoms with Gasteiger partial charge in [-0.15, -0.1) is 0 Å². The maximum atomic E-state index is 5.75. The predicted molar refractivity (Wildman–Crippen MR) is 249 cm³/mol. The quantitative estimate of drug-likeness (QED) is 0.153. The van der Waals surface area contributed by atoms with Crippen molar-refractivity contribution in [1.29, 1.82) is 0 Å². The number of rotatable bonds is 8. The molecule has 9 aromatic rings. The molecule has 0 radical (unpaired) electrons. The maximum absolute atomic E-state index is 5.75. The van der Waals surface area contributed by atoms with E-state index in [1.54, 1.807) is 0 Å². The SMILES string of the molecule is c1ccc(C2=NC(c3ccccc3)(c3ccccc3)c3cc(N(c4ccccc4)c4ccc(-c5ccc6c(c5)Cc5ccccc5N6c5ccccc5)cc4)ccc32)cc1. The molecule has 0 fully saturated rings. The van der Waals surface area contributed by atoms with E-state index in [1.165, 1.54) is 39.3 Å². The molecular formula is C57H41N3. The second-order valence-corrected chi connectivity index (χ2v) is 15.5. The molecule has 0 spiro atoms. The zero-order valence-corrected chi connectivity index (χ0v) is 33.1. The van der Waals surface area contributed by atoms with Crippen LogP contribution in [0.25, 0.3) is 11.1 Å². The van der Waals surface area contributed by atoms with Gasteiger partial charge in [0.15, 0.2) is 0 Å². The molecule has 2 aliphatic heterocycles. The number of aliphatic imine (C=N–C) groups is 1. The van der Waals surface area contributed by atoms with Crippen LogP contribution in [0.15, 0.2) is 242 Å². The molecular weight excluding hydrogens is 727 g/mol. The first-order valence-corrected chi connectivity index (χ1v) is 20.7. The first-order chi connectivity index (χ1) is 29.7. The number of benzene rings is 9. The van der Waals surface area contributed by atoms with E-state index in [0.29, 0.717) is 0 Å². The summed E-state index contributed by atoms with van der Waals surface area (Å²) in [7, 11) is 0. The molecule has 284 valence electrons. The summed E-state index contributed by atoms with van der Waals surface area (Å²) in [4.78, 5) is 10.5. The van der Waals surface area contributed by atoms with E-state index < -0.39 is 5.54 Å². The van der Waals surface area contributed by atoms with Crippen LogP contribution in [0.5, 0.6) is 0 Å². The Kier molecular flexibility index (Phi) is 8.78. The highest BCUT2D eigenvalue weighted by atomic mass is 15.2. The van der Waals surface area contributed by atoms with Crippen LogP contribution in [0, 0.1) is 0 Å². The van der Waals surface area contributed by atoms with E-state index in [2.05, 4.69) is 246 Å². The first-order valence-electron chi connectivity index (χ1n) is 20.7. The molecule has 11 rings (SSSR count). The van der Waals surface area contributed by atoms with Gasteiger partial charge in [0.1, 0.15) is 5.54 Å². The summed E-state index contributed by atoms with van der Waals surface area (Å²) in [6, 6.07) is 85.1. The highest BCUT2D eigenvalue weighted by molar-refractivity contribution is 6.17. The topological polar surface area (TPSA) is 18.8 Å². The summed E-state index contributed by atoms with van der Waals surface area (Å²) < 4.78 is 0. The number of nitrogens with zero attached hydrogens (tertiary/aromatic N) is 3. The molecule has 9 aromatic carbocycles. The van der Waals surface area contributed by atoms with Gasteiger partial charge < -0.3 is 9.80 Å². The van der Waals surface area contributed by atoms with Crippen molar-refractivity contribution in [2.45, 2.75) is 12.0 Å². The largest absolute Gasteiger partial charge is 0.310 e. The summed E-state index contributed by atoms with van der Waals surface area (Å²) in [5.41, 5.74) is 17.9. The zero-order chi connectivity index (χ0) is 39.9. The summed E-state index contributed by atoms with van der Waals surface area (Å²) in [6.45, 7) is 0. The van der Waals surface area contributed by atoms with E-state index in [9.17, 15) is 0 Å². The van der Waals surface area contributed by atoms with Crippen molar-refractivity contribution >= 4 is 39.8 Å². The highest BCUT2D eigenvalue weighted by Gasteiger charge is 2.44. The van der Waals surface area contributed by atoms with E-state index in [1.807, 2.05) is 0 Å². The highest BCUT2D eigenvalue weighted by Crippen LogP contribution is 2.50. The minimum atomic E-state index is -0.742. The van der Waals surface area contributed by atoms with Gasteiger partial charge in [0.25, 0.3) is 0 Å². The molecule has 0 bridgehead atoms. The fourth-order valence-corrected chi connectivity index (χ4v) is 9.27. The summed E-state index contributed by atoms with van der Waals surface area (Å²) in [5.74, 6) is 0. The standard InChI is InChI=1S/C57H41N3/c1-6-18-42(19-7-1)56-52-36-35-51(40-53(52)57(58-56,46-21-8-2-9-22-46)47-23-10-3-11-24-47)59(48-25-12-4-13-26-48)50-33-30-41(31-34-50)43-32-37-55-45(38-43)39-44-20-16-17-29-54(44)60(55)49-27-14-5-15-28-49/h1-38,40H,39H2. The molecule has 0 amide bonds. The van der Waals surface area contributed by atoms with Gasteiger partial charge in [-0.1, -0.05) is 170 Å². The monoisotopic (exact) mass is 767 g/mol. The van der Waals surface area contributed by atoms with Crippen LogP contribution in [0.1, 0.15) is 38.9 Å². The molecule has 0 atom stereocenters. The molecule has 2 heterocycles. The van der Waals surface area contributed by atoms with E-state index in [4.69, 9.17) is 4.99 Å². The van der Waals surface area contributed by atoms with Crippen molar-refractivity contribution in [3.63, 3.8) is 0 Å². The van der Waals surface area contributed by atoms with Gasteiger partial charge in [-0.3, -0.25) is 4.99 Å². The smallest absolute Gasteiger partial charge is 0.137 e. The molecule has 60 heavy (non-hydrogen) atoms. The molecule has 3 nitrogen and oxygen atoms in total. The van der Waals surface area contributed by atoms with Crippen LogP contribution in [0.4, 0.5) is 34.1 Å². The van der Waals surface area contributed by atoms with Gasteiger partial charge in [-0.05, 0) is 100 Å². The molecule has 2 aliphatic rings. The van der Waals surface area contributed by atoms with Gasteiger partial charge in [0.2, 0.25) is 0 Å².